The molecule has 31 heavy (non-hydrogen) atoms. The van der Waals surface area contributed by atoms with Gasteiger partial charge in [0.25, 0.3) is 0 Å². The van der Waals surface area contributed by atoms with E-state index in [0.29, 0.717) is 12.5 Å². The molecule has 0 amide bonds. The molecule has 0 aliphatic rings. The fourth-order valence-corrected chi connectivity index (χ4v) is 7.50. The third kappa shape index (κ3) is 13.5. The zero-order chi connectivity index (χ0) is 23.2. The fourth-order valence-electron chi connectivity index (χ4n) is 4.98. The summed E-state index contributed by atoms with van der Waals surface area (Å²) in [6, 6.07) is 1.23. The quantitative estimate of drug-likeness (QED) is 0.0670. The van der Waals surface area contributed by atoms with E-state index in [4.69, 9.17) is 4.74 Å². The fraction of sp³-hybridized carbons (Fsp3) is 0.893. The molecule has 0 aromatic heterocycles. The summed E-state index contributed by atoms with van der Waals surface area (Å²) < 4.78 is 6.00. The van der Waals surface area contributed by atoms with Crippen molar-refractivity contribution in [1.82, 2.24) is 0 Å². The summed E-state index contributed by atoms with van der Waals surface area (Å²) in [5.41, 5.74) is 0. The van der Waals surface area contributed by atoms with E-state index >= 15 is 0 Å². The van der Waals surface area contributed by atoms with E-state index in [9.17, 15) is 4.79 Å². The lowest BCUT2D eigenvalue weighted by molar-refractivity contribution is -0.149. The Kier molecular flexibility index (Phi) is 20.9. The minimum Gasteiger partial charge on any atom is -0.465 e. The van der Waals surface area contributed by atoms with Crippen molar-refractivity contribution in [3.8, 4) is 0 Å². The van der Waals surface area contributed by atoms with Gasteiger partial charge in [0.2, 0.25) is 0 Å². The molecule has 0 heterocycles. The Labute approximate surface area is 198 Å². The molecule has 2 atom stereocenters. The van der Waals surface area contributed by atoms with Crippen molar-refractivity contribution in [3.63, 3.8) is 0 Å². The van der Waals surface area contributed by atoms with Gasteiger partial charge in [-0.15, -0.1) is 6.58 Å². The average molecular weight is 453 g/mol. The van der Waals surface area contributed by atoms with Gasteiger partial charge in [0.1, 0.15) is 0 Å². The van der Waals surface area contributed by atoms with E-state index in [1.165, 1.54) is 89.5 Å². The minimum absolute atomic E-state index is 0.130. The van der Waals surface area contributed by atoms with Crippen LogP contribution in [0.4, 0.5) is 0 Å². The number of allylic oxidation sites excluding steroid dienone is 1. The minimum atomic E-state index is -0.552. The van der Waals surface area contributed by atoms with Crippen LogP contribution in [0, 0.1) is 5.92 Å². The van der Waals surface area contributed by atoms with Gasteiger partial charge in [-0.25, -0.2) is 0 Å². The molecule has 0 N–H and O–H groups in total. The first kappa shape index (κ1) is 30.4. The van der Waals surface area contributed by atoms with E-state index in [0.717, 1.165) is 25.7 Å². The van der Waals surface area contributed by atoms with E-state index in [1.807, 2.05) is 6.08 Å². The predicted octanol–water partition coefficient (Wildman–Crippen LogP) is 8.79. The largest absolute Gasteiger partial charge is 0.465 e. The first-order valence-corrected chi connectivity index (χ1v) is 15.6. The van der Waals surface area contributed by atoms with Crippen LogP contribution in [0.5, 0.6) is 0 Å². The highest BCUT2D eigenvalue weighted by molar-refractivity contribution is 6.47. The van der Waals surface area contributed by atoms with E-state index < -0.39 is 9.52 Å². The van der Waals surface area contributed by atoms with Gasteiger partial charge in [-0.05, 0) is 31.6 Å². The third-order valence-electron chi connectivity index (χ3n) is 6.95. The standard InChI is InChI=1S/C28H56O2Si/c1-6-11-13-15-17-19-22-26(21-8-3)28(23-9-4,31-25-10-5)27(29)30-24-20-18-16-14-12-7-2/h9,26H,4,6-8,10-25,31H2,1-3,5H3. The summed E-state index contributed by atoms with van der Waals surface area (Å²) >= 11 is 0. The number of ether oxygens (including phenoxy) is 1. The molecule has 2 unspecified atom stereocenters. The third-order valence-corrected chi connectivity index (χ3v) is 10.1. The Bertz CT molecular complexity index is 423. The summed E-state index contributed by atoms with van der Waals surface area (Å²) in [7, 11) is -0.552. The van der Waals surface area contributed by atoms with Gasteiger partial charge in [0.15, 0.2) is 0 Å². The van der Waals surface area contributed by atoms with Crippen LogP contribution in [0.3, 0.4) is 0 Å². The SMILES string of the molecule is C=CCC([SiH2]CCC)(C(=O)OCCCCCCCC)C(CCC)CCCCCCCC. The molecule has 0 spiro atoms. The highest BCUT2D eigenvalue weighted by atomic mass is 28.2. The van der Waals surface area contributed by atoms with Crippen LogP contribution >= 0.6 is 0 Å². The maximum atomic E-state index is 13.6. The molecule has 0 aliphatic carbocycles. The summed E-state index contributed by atoms with van der Waals surface area (Å²) in [5, 5.41) is -0.223. The summed E-state index contributed by atoms with van der Waals surface area (Å²) in [5.74, 6) is 0.613. The van der Waals surface area contributed by atoms with Gasteiger partial charge in [-0.3, -0.25) is 4.79 Å². The van der Waals surface area contributed by atoms with Crippen LogP contribution in [0.15, 0.2) is 12.7 Å². The van der Waals surface area contributed by atoms with Crippen LogP contribution in [0.2, 0.25) is 11.1 Å². The van der Waals surface area contributed by atoms with E-state index in [-0.39, 0.29) is 11.0 Å². The number of rotatable bonds is 23. The first-order valence-electron chi connectivity index (χ1n) is 13.9. The van der Waals surface area contributed by atoms with Crippen molar-refractivity contribution < 1.29 is 9.53 Å². The van der Waals surface area contributed by atoms with E-state index in [1.54, 1.807) is 0 Å². The first-order chi connectivity index (χ1) is 15.1. The van der Waals surface area contributed by atoms with Crippen LogP contribution in [-0.2, 0) is 9.53 Å². The van der Waals surface area contributed by atoms with Gasteiger partial charge in [0, 0.05) is 9.52 Å². The Balaban J connectivity index is 5.02. The molecule has 0 rings (SSSR count). The van der Waals surface area contributed by atoms with Crippen LogP contribution in [0.25, 0.3) is 0 Å². The van der Waals surface area contributed by atoms with Crippen LogP contribution in [-0.4, -0.2) is 22.1 Å². The zero-order valence-corrected chi connectivity index (χ0v) is 23.2. The molecule has 0 fully saturated rings. The zero-order valence-electron chi connectivity index (χ0n) is 21.8. The number of esters is 1. The molecule has 0 aromatic carbocycles. The number of hydrogen-bond acceptors (Lipinski definition) is 2. The van der Waals surface area contributed by atoms with Crippen molar-refractivity contribution in [2.75, 3.05) is 6.61 Å². The van der Waals surface area contributed by atoms with E-state index in [2.05, 4.69) is 34.3 Å². The smallest absolute Gasteiger partial charge is 0.309 e. The van der Waals surface area contributed by atoms with Crippen molar-refractivity contribution in [2.45, 2.75) is 148 Å². The molecule has 3 heteroatoms. The van der Waals surface area contributed by atoms with Gasteiger partial charge in [-0.1, -0.05) is 123 Å². The number of carbonyl (C=O) groups is 1. The number of hydrogen-bond donors (Lipinski definition) is 0. The maximum absolute atomic E-state index is 13.6. The molecule has 0 radical (unpaired) electrons. The van der Waals surface area contributed by atoms with Gasteiger partial charge in [0.05, 0.1) is 11.6 Å². The van der Waals surface area contributed by atoms with Crippen LogP contribution < -0.4 is 0 Å². The van der Waals surface area contributed by atoms with Gasteiger partial charge >= 0.3 is 5.97 Å². The molecule has 0 saturated heterocycles. The van der Waals surface area contributed by atoms with Crippen molar-refractivity contribution in [3.05, 3.63) is 12.7 Å². The van der Waals surface area contributed by atoms with Crippen molar-refractivity contribution >= 4 is 15.5 Å². The molecular weight excluding hydrogens is 396 g/mol. The van der Waals surface area contributed by atoms with Crippen molar-refractivity contribution in [1.29, 1.82) is 0 Å². The lowest BCUT2D eigenvalue weighted by Gasteiger charge is -2.38. The summed E-state index contributed by atoms with van der Waals surface area (Å²) in [6.07, 6.45) is 22.8. The summed E-state index contributed by atoms with van der Waals surface area (Å²) in [4.78, 5) is 13.6. The predicted molar refractivity (Wildman–Crippen MR) is 142 cm³/mol. The van der Waals surface area contributed by atoms with Gasteiger partial charge < -0.3 is 4.74 Å². The molecule has 0 aromatic rings. The van der Waals surface area contributed by atoms with Crippen molar-refractivity contribution in [2.24, 2.45) is 5.92 Å². The molecular formula is C28H56O2Si. The Morgan fingerprint density at radius 2 is 1.39 bits per heavy atom. The topological polar surface area (TPSA) is 26.3 Å². The average Bonchev–Trinajstić information content (AvgIpc) is 2.77. The lowest BCUT2D eigenvalue weighted by atomic mass is 9.81. The molecule has 0 bridgehead atoms. The second-order valence-corrected chi connectivity index (χ2v) is 12.2. The highest BCUT2D eigenvalue weighted by Gasteiger charge is 2.44. The van der Waals surface area contributed by atoms with Crippen LogP contribution in [0.1, 0.15) is 137 Å². The number of carbonyl (C=O) groups excluding carboxylic acids is 1. The summed E-state index contributed by atoms with van der Waals surface area (Å²) in [6.45, 7) is 13.7. The molecule has 184 valence electrons. The molecule has 2 nitrogen and oxygen atoms in total. The Hall–Kier alpha value is -0.573. The second kappa shape index (κ2) is 21.3. The monoisotopic (exact) mass is 452 g/mol. The maximum Gasteiger partial charge on any atom is 0.309 e. The second-order valence-electron chi connectivity index (χ2n) is 9.70. The Morgan fingerprint density at radius 3 is 1.94 bits per heavy atom. The molecule has 0 saturated carbocycles. The Morgan fingerprint density at radius 1 is 0.806 bits per heavy atom. The molecule has 0 aliphatic heterocycles. The van der Waals surface area contributed by atoms with Gasteiger partial charge in [-0.2, -0.15) is 0 Å². The lowest BCUT2D eigenvalue weighted by Crippen LogP contribution is -2.38. The normalized spacial score (nSPS) is 14.6. The number of unbranched alkanes of at least 4 members (excludes halogenated alkanes) is 10. The highest BCUT2D eigenvalue weighted by Crippen LogP contribution is 2.46.